The van der Waals surface area contributed by atoms with Gasteiger partial charge in [0.1, 0.15) is 11.2 Å². The van der Waals surface area contributed by atoms with Crippen molar-refractivity contribution in [2.24, 2.45) is 0 Å². The minimum atomic E-state index is 0.883. The average molecular weight is 753 g/mol. The van der Waals surface area contributed by atoms with E-state index in [4.69, 9.17) is 4.42 Å². The van der Waals surface area contributed by atoms with Crippen LogP contribution in [0, 0.1) is 0 Å². The Labute approximate surface area is 341 Å². The van der Waals surface area contributed by atoms with Gasteiger partial charge < -0.3 is 13.9 Å². The summed E-state index contributed by atoms with van der Waals surface area (Å²) in [5, 5.41) is 9.64. The molecule has 3 nitrogen and oxygen atoms in total. The Balaban J connectivity index is 1.03. The van der Waals surface area contributed by atoms with Crippen LogP contribution >= 0.6 is 0 Å². The molecule has 0 N–H and O–H groups in total. The number of anilines is 3. The van der Waals surface area contributed by atoms with Gasteiger partial charge in [0.05, 0.1) is 22.4 Å². The predicted molar refractivity (Wildman–Crippen MR) is 249 cm³/mol. The number of nitrogens with zero attached hydrogens (tertiary/aromatic N) is 2. The second-order valence-corrected chi connectivity index (χ2v) is 15.3. The number of hydrogen-bond donors (Lipinski definition) is 0. The fourth-order valence-corrected chi connectivity index (χ4v) is 9.27. The van der Waals surface area contributed by atoms with Gasteiger partial charge in [-0.15, -0.1) is 0 Å². The zero-order valence-corrected chi connectivity index (χ0v) is 32.1. The average Bonchev–Trinajstić information content (AvgIpc) is 3.85. The van der Waals surface area contributed by atoms with Gasteiger partial charge >= 0.3 is 0 Å². The van der Waals surface area contributed by atoms with E-state index in [9.17, 15) is 0 Å². The first-order chi connectivity index (χ1) is 29.3. The van der Waals surface area contributed by atoms with Gasteiger partial charge in [-0.1, -0.05) is 152 Å². The Morgan fingerprint density at radius 3 is 1.80 bits per heavy atom. The Morgan fingerprint density at radius 1 is 0.356 bits per heavy atom. The lowest BCUT2D eigenvalue weighted by Crippen LogP contribution is -2.12. The molecular weight excluding hydrogens is 717 g/mol. The van der Waals surface area contributed by atoms with E-state index < -0.39 is 0 Å². The molecule has 0 unspecified atom stereocenters. The largest absolute Gasteiger partial charge is 0.456 e. The van der Waals surface area contributed by atoms with Crippen LogP contribution in [0.25, 0.3) is 93.2 Å². The third kappa shape index (κ3) is 5.36. The fraction of sp³-hybridized carbons (Fsp3) is 0. The zero-order chi connectivity index (χ0) is 38.9. The highest BCUT2D eigenvalue weighted by molar-refractivity contribution is 6.16. The first kappa shape index (κ1) is 33.3. The number of benzene rings is 10. The maximum atomic E-state index is 6.40. The van der Waals surface area contributed by atoms with E-state index in [-0.39, 0.29) is 0 Å². The van der Waals surface area contributed by atoms with E-state index >= 15 is 0 Å². The molecule has 0 aliphatic rings. The second kappa shape index (κ2) is 13.4. The molecule has 0 fully saturated rings. The van der Waals surface area contributed by atoms with Crippen molar-refractivity contribution in [1.29, 1.82) is 0 Å². The van der Waals surface area contributed by atoms with Crippen LogP contribution in [0.1, 0.15) is 0 Å². The van der Waals surface area contributed by atoms with Gasteiger partial charge in [0.15, 0.2) is 0 Å². The number of para-hydroxylation sites is 4. The molecule has 276 valence electrons. The summed E-state index contributed by atoms with van der Waals surface area (Å²) in [7, 11) is 0. The Bertz CT molecular complexity index is 3520. The Hall–Kier alpha value is -7.88. The lowest BCUT2D eigenvalue weighted by atomic mass is 9.97. The number of aromatic nitrogens is 1. The summed E-state index contributed by atoms with van der Waals surface area (Å²) in [5.41, 5.74) is 13.2. The van der Waals surface area contributed by atoms with Crippen LogP contribution < -0.4 is 4.90 Å². The molecule has 0 saturated carbocycles. The highest BCUT2D eigenvalue weighted by Gasteiger charge is 2.21. The van der Waals surface area contributed by atoms with Crippen molar-refractivity contribution in [2.75, 3.05) is 4.90 Å². The van der Waals surface area contributed by atoms with Crippen molar-refractivity contribution in [3.63, 3.8) is 0 Å². The van der Waals surface area contributed by atoms with Crippen molar-refractivity contribution in [2.45, 2.75) is 0 Å². The topological polar surface area (TPSA) is 21.3 Å². The molecule has 0 saturated heterocycles. The normalized spacial score (nSPS) is 11.7. The lowest BCUT2D eigenvalue weighted by Gasteiger charge is -2.29. The predicted octanol–water partition coefficient (Wildman–Crippen LogP) is 15.8. The monoisotopic (exact) mass is 752 g/mol. The SMILES string of the molecule is c1cc(-c2ccc(N(c3ccccc3-c3ccc4c(c3)oc3ccccc34)c3cccc4ccc5ccccc5c34)cc2)cc(-n2c3ccccc3c3ccccc32)c1. The molecule has 0 aliphatic heterocycles. The van der Waals surface area contributed by atoms with E-state index in [1.54, 1.807) is 0 Å². The maximum Gasteiger partial charge on any atom is 0.136 e. The molecule has 0 aliphatic carbocycles. The number of furan rings is 1. The summed E-state index contributed by atoms with van der Waals surface area (Å²) in [5.74, 6) is 0. The molecule has 0 bridgehead atoms. The molecule has 12 aromatic rings. The van der Waals surface area contributed by atoms with Gasteiger partial charge in [0.25, 0.3) is 0 Å². The molecule has 10 aromatic carbocycles. The van der Waals surface area contributed by atoms with Gasteiger partial charge in [-0.2, -0.15) is 0 Å². The summed E-state index contributed by atoms with van der Waals surface area (Å²) in [6.45, 7) is 0. The first-order valence-electron chi connectivity index (χ1n) is 20.2. The molecular formula is C56H36N2O. The van der Waals surface area contributed by atoms with Crippen LogP contribution in [0.3, 0.4) is 0 Å². The molecule has 0 amide bonds. The third-order valence-corrected chi connectivity index (χ3v) is 12.0. The minimum absolute atomic E-state index is 0.883. The van der Waals surface area contributed by atoms with Crippen LogP contribution in [0.4, 0.5) is 17.1 Å². The van der Waals surface area contributed by atoms with Crippen LogP contribution in [-0.2, 0) is 0 Å². The number of hydrogen-bond acceptors (Lipinski definition) is 2. The van der Waals surface area contributed by atoms with Crippen molar-refractivity contribution in [1.82, 2.24) is 4.57 Å². The minimum Gasteiger partial charge on any atom is -0.456 e. The van der Waals surface area contributed by atoms with E-state index in [1.165, 1.54) is 43.4 Å². The maximum absolute atomic E-state index is 6.40. The Morgan fingerprint density at radius 2 is 0.966 bits per heavy atom. The molecule has 2 heterocycles. The van der Waals surface area contributed by atoms with Crippen LogP contribution in [0.2, 0.25) is 0 Å². The van der Waals surface area contributed by atoms with Gasteiger partial charge in [0.2, 0.25) is 0 Å². The zero-order valence-electron chi connectivity index (χ0n) is 32.1. The summed E-state index contributed by atoms with van der Waals surface area (Å²) in [6.07, 6.45) is 0. The molecule has 3 heteroatoms. The number of rotatable bonds is 6. The van der Waals surface area contributed by atoms with E-state index in [1.807, 2.05) is 12.1 Å². The second-order valence-electron chi connectivity index (χ2n) is 15.3. The smallest absolute Gasteiger partial charge is 0.136 e. The van der Waals surface area contributed by atoms with Crippen LogP contribution in [0.15, 0.2) is 223 Å². The summed E-state index contributed by atoms with van der Waals surface area (Å²) in [4.78, 5) is 2.44. The molecule has 0 spiro atoms. The van der Waals surface area contributed by atoms with E-state index in [0.717, 1.165) is 66.9 Å². The number of fused-ring (bicyclic) bond motifs is 9. The fourth-order valence-electron chi connectivity index (χ4n) is 9.27. The van der Waals surface area contributed by atoms with Gasteiger partial charge in [-0.25, -0.2) is 0 Å². The van der Waals surface area contributed by atoms with E-state index in [2.05, 4.69) is 216 Å². The quantitative estimate of drug-likeness (QED) is 0.158. The standard InChI is InChI=1S/C56H36N2O/c1-2-18-45-38(13-1)27-28-39-14-12-25-53(56(39)45)57(50-22-7-3-17-44(50)41-31-34-49-48-21-6-10-26-54(48)59-55(49)36-41)42-32-29-37(30-33-42)40-15-11-16-43(35-40)58-51-23-8-4-19-46(51)47-20-5-9-24-52(47)58/h1-36H. The highest BCUT2D eigenvalue weighted by atomic mass is 16.3. The van der Waals surface area contributed by atoms with Gasteiger partial charge in [-0.05, 0) is 99.6 Å². The van der Waals surface area contributed by atoms with Crippen molar-refractivity contribution >= 4 is 82.4 Å². The van der Waals surface area contributed by atoms with Crippen molar-refractivity contribution < 1.29 is 4.42 Å². The summed E-state index contributed by atoms with van der Waals surface area (Å²) >= 11 is 0. The lowest BCUT2D eigenvalue weighted by molar-refractivity contribution is 0.669. The Kier molecular flexibility index (Phi) is 7.54. The third-order valence-electron chi connectivity index (χ3n) is 12.0. The first-order valence-corrected chi connectivity index (χ1v) is 20.2. The van der Waals surface area contributed by atoms with Crippen molar-refractivity contribution in [3.05, 3.63) is 218 Å². The van der Waals surface area contributed by atoms with Crippen LogP contribution in [-0.4, -0.2) is 4.57 Å². The molecule has 0 radical (unpaired) electrons. The van der Waals surface area contributed by atoms with Crippen molar-refractivity contribution in [3.8, 4) is 27.9 Å². The molecule has 0 atom stereocenters. The highest BCUT2D eigenvalue weighted by Crippen LogP contribution is 2.46. The van der Waals surface area contributed by atoms with Gasteiger partial charge in [-0.3, -0.25) is 0 Å². The summed E-state index contributed by atoms with van der Waals surface area (Å²) in [6, 6.07) is 78.8. The van der Waals surface area contributed by atoms with Gasteiger partial charge in [0, 0.05) is 43.9 Å². The molecule has 59 heavy (non-hydrogen) atoms. The summed E-state index contributed by atoms with van der Waals surface area (Å²) < 4.78 is 8.79. The van der Waals surface area contributed by atoms with E-state index in [0.29, 0.717) is 0 Å². The molecule has 2 aromatic heterocycles. The van der Waals surface area contributed by atoms with Crippen LogP contribution in [0.5, 0.6) is 0 Å². The molecule has 12 rings (SSSR count).